The number of nitrogens with one attached hydrogen (secondary N) is 3. The fraction of sp³-hybridized carbons (Fsp3) is 0.125. The third-order valence-corrected chi connectivity index (χ3v) is 10.4. The maximum Gasteiger partial charge on any atom is 0.272 e. The monoisotopic (exact) mass is 720 g/mol. The number of thioether (sulfide) groups is 1. The Morgan fingerprint density at radius 2 is 1.48 bits per heavy atom. The van der Waals surface area contributed by atoms with Crippen LogP contribution in [0.15, 0.2) is 126 Å². The molecule has 1 atom stereocenters. The van der Waals surface area contributed by atoms with Crippen LogP contribution in [0.2, 0.25) is 10.0 Å². The highest BCUT2D eigenvalue weighted by molar-refractivity contribution is 8.00. The number of aryl methyl sites for hydroxylation is 1. The molecule has 0 radical (unpaired) electrons. The minimum absolute atomic E-state index is 0.0223. The lowest BCUT2D eigenvalue weighted by Crippen LogP contribution is -2.30. The first-order valence-electron chi connectivity index (χ1n) is 16.2. The predicted molar refractivity (Wildman–Crippen MR) is 207 cm³/mol. The van der Waals surface area contributed by atoms with Crippen molar-refractivity contribution in [1.82, 2.24) is 9.88 Å². The van der Waals surface area contributed by atoms with Gasteiger partial charge in [0.1, 0.15) is 5.70 Å². The molecule has 10 heteroatoms. The minimum atomic E-state index is -0.558. The maximum absolute atomic E-state index is 13.6. The van der Waals surface area contributed by atoms with E-state index in [0.29, 0.717) is 28.3 Å². The van der Waals surface area contributed by atoms with Crippen LogP contribution in [0.4, 0.5) is 11.4 Å². The number of benzene rings is 5. The smallest absolute Gasteiger partial charge is 0.272 e. The minimum Gasteiger partial charge on any atom is -0.341 e. The van der Waals surface area contributed by atoms with Gasteiger partial charge in [-0.25, -0.2) is 0 Å². The van der Waals surface area contributed by atoms with Crippen LogP contribution in [0.3, 0.4) is 0 Å². The lowest BCUT2D eigenvalue weighted by atomic mass is 10.1. The first kappa shape index (κ1) is 34.8. The molecule has 5 aromatic carbocycles. The molecule has 6 rings (SSSR count). The molecule has 0 saturated carbocycles. The van der Waals surface area contributed by atoms with Crippen LogP contribution in [0.25, 0.3) is 27.9 Å². The summed E-state index contributed by atoms with van der Waals surface area (Å²) in [5.74, 6) is -1.13. The summed E-state index contributed by atoms with van der Waals surface area (Å²) in [6.45, 7) is 4.94. The van der Waals surface area contributed by atoms with Crippen molar-refractivity contribution in [3.8, 4) is 0 Å². The van der Waals surface area contributed by atoms with E-state index in [4.69, 9.17) is 23.2 Å². The number of hydrogen-bond donors (Lipinski definition) is 3. The summed E-state index contributed by atoms with van der Waals surface area (Å²) in [7, 11) is 0. The molecule has 0 aliphatic carbocycles. The molecule has 1 heterocycles. The van der Waals surface area contributed by atoms with Gasteiger partial charge in [0, 0.05) is 50.2 Å². The highest BCUT2D eigenvalue weighted by Gasteiger charge is 2.21. The highest BCUT2D eigenvalue weighted by atomic mass is 35.5. The van der Waals surface area contributed by atoms with E-state index >= 15 is 0 Å². The molecular formula is C40H34Cl2N4O3S. The highest BCUT2D eigenvalue weighted by Crippen LogP contribution is 2.33. The first-order chi connectivity index (χ1) is 24.2. The molecule has 0 spiro atoms. The van der Waals surface area contributed by atoms with Crippen molar-refractivity contribution in [2.45, 2.75) is 37.0 Å². The van der Waals surface area contributed by atoms with Crippen LogP contribution in [-0.2, 0) is 16.1 Å². The number of carbonyl (C=O) groups excluding carboxylic acids is 3. The van der Waals surface area contributed by atoms with Crippen molar-refractivity contribution in [1.29, 1.82) is 0 Å². The molecule has 6 aromatic rings. The summed E-state index contributed by atoms with van der Waals surface area (Å²) in [5, 5.41) is 11.1. The van der Waals surface area contributed by atoms with Crippen molar-refractivity contribution >= 4 is 91.9 Å². The molecule has 1 aromatic heterocycles. The zero-order valence-electron chi connectivity index (χ0n) is 27.4. The Balaban J connectivity index is 1.19. The van der Waals surface area contributed by atoms with Crippen LogP contribution in [0.1, 0.15) is 36.2 Å². The van der Waals surface area contributed by atoms with Crippen LogP contribution >= 0.6 is 35.0 Å². The maximum atomic E-state index is 13.6. The molecule has 0 saturated heterocycles. The number of aromatic nitrogens is 1. The van der Waals surface area contributed by atoms with E-state index < -0.39 is 11.8 Å². The number of rotatable bonds is 11. The molecule has 7 nitrogen and oxygen atoms in total. The number of fused-ring (bicyclic) bond motifs is 3. The van der Waals surface area contributed by atoms with E-state index in [0.717, 1.165) is 38.9 Å². The normalized spacial score (nSPS) is 12.1. The molecule has 3 amide bonds. The molecule has 1 unspecified atom stereocenters. The molecule has 50 heavy (non-hydrogen) atoms. The Hall–Kier alpha value is -5.02. The second-order valence-corrected chi connectivity index (χ2v) is 13.6. The van der Waals surface area contributed by atoms with E-state index in [2.05, 4.69) is 45.6 Å². The van der Waals surface area contributed by atoms with E-state index in [1.165, 1.54) is 17.8 Å². The van der Waals surface area contributed by atoms with Crippen LogP contribution in [0.5, 0.6) is 0 Å². The number of carbonyl (C=O) groups is 3. The van der Waals surface area contributed by atoms with Crippen LogP contribution in [-0.4, -0.2) is 27.5 Å². The quantitative estimate of drug-likeness (QED) is 0.0918. The molecular weight excluding hydrogens is 687 g/mol. The molecule has 0 aliphatic heterocycles. The summed E-state index contributed by atoms with van der Waals surface area (Å²) < 4.78 is 2.27. The molecule has 0 fully saturated rings. The van der Waals surface area contributed by atoms with Gasteiger partial charge in [0.2, 0.25) is 5.91 Å². The van der Waals surface area contributed by atoms with Crippen molar-refractivity contribution in [3.05, 3.63) is 142 Å². The van der Waals surface area contributed by atoms with E-state index in [-0.39, 0.29) is 21.9 Å². The third kappa shape index (κ3) is 7.73. The fourth-order valence-electron chi connectivity index (χ4n) is 5.76. The van der Waals surface area contributed by atoms with E-state index in [1.807, 2.05) is 37.3 Å². The second kappa shape index (κ2) is 15.7. The Kier molecular flexibility index (Phi) is 10.9. The Morgan fingerprint density at radius 3 is 2.26 bits per heavy atom. The van der Waals surface area contributed by atoms with Gasteiger partial charge >= 0.3 is 0 Å². The zero-order valence-corrected chi connectivity index (χ0v) is 29.7. The SMILES string of the molecule is CCC(Sc1cccc(NC(=O)/C(=C\c2cccc(Cl)c2Cl)NC(=O)c2ccccc2)c1)C(=O)Nc1ccc2c(c1)c1ccccc1n2CC. The number of para-hydroxylation sites is 1. The number of anilines is 2. The molecule has 0 aliphatic rings. The van der Waals surface area contributed by atoms with Crippen molar-refractivity contribution in [2.75, 3.05) is 10.6 Å². The number of amides is 3. The van der Waals surface area contributed by atoms with Gasteiger partial charge in [-0.05, 0) is 85.6 Å². The van der Waals surface area contributed by atoms with Gasteiger partial charge in [-0.15, -0.1) is 11.8 Å². The fourth-order valence-corrected chi connectivity index (χ4v) is 7.13. The number of hydrogen-bond acceptors (Lipinski definition) is 4. The van der Waals surface area contributed by atoms with Crippen LogP contribution in [0, 0.1) is 0 Å². The molecule has 0 bridgehead atoms. The van der Waals surface area contributed by atoms with Gasteiger partial charge in [-0.2, -0.15) is 0 Å². The Morgan fingerprint density at radius 1 is 0.760 bits per heavy atom. The standard InChI is InChI=1S/C40H34Cl2N4O3S/c1-3-36(40(49)44-28-20-21-35-31(24-28)30-17-8-9-19-34(30)46(35)4-2)50-29-16-11-15-27(23-29)43-39(48)33(22-26-14-10-18-32(41)37(26)42)45-38(47)25-12-6-5-7-13-25/h5-24,36H,3-4H2,1-2H3,(H,43,48)(H,44,49)(H,45,47)/b33-22+. The summed E-state index contributed by atoms with van der Waals surface area (Å²) in [4.78, 5) is 41.0. The summed E-state index contributed by atoms with van der Waals surface area (Å²) in [5.41, 5.74) is 4.35. The van der Waals surface area contributed by atoms with Gasteiger partial charge in [-0.3, -0.25) is 14.4 Å². The van der Waals surface area contributed by atoms with Crippen LogP contribution < -0.4 is 16.0 Å². The van der Waals surface area contributed by atoms with Crippen molar-refractivity contribution < 1.29 is 14.4 Å². The lowest BCUT2D eigenvalue weighted by molar-refractivity contribution is -0.116. The first-order valence-corrected chi connectivity index (χ1v) is 17.8. The van der Waals surface area contributed by atoms with Gasteiger partial charge in [0.25, 0.3) is 11.8 Å². The Bertz CT molecular complexity index is 2250. The Labute approximate surface area is 304 Å². The average molecular weight is 722 g/mol. The van der Waals surface area contributed by atoms with E-state index in [9.17, 15) is 14.4 Å². The second-order valence-electron chi connectivity index (χ2n) is 11.5. The predicted octanol–water partition coefficient (Wildman–Crippen LogP) is 10.0. The average Bonchev–Trinajstić information content (AvgIpc) is 3.45. The van der Waals surface area contributed by atoms with Gasteiger partial charge in [-0.1, -0.05) is 84.7 Å². The van der Waals surface area contributed by atoms with Crippen molar-refractivity contribution in [3.63, 3.8) is 0 Å². The summed E-state index contributed by atoms with van der Waals surface area (Å²) in [6, 6.07) is 35.2. The van der Waals surface area contributed by atoms with E-state index in [1.54, 1.807) is 66.7 Å². The van der Waals surface area contributed by atoms with Gasteiger partial charge < -0.3 is 20.5 Å². The number of halogens is 2. The largest absolute Gasteiger partial charge is 0.341 e. The zero-order chi connectivity index (χ0) is 35.2. The topological polar surface area (TPSA) is 92.2 Å². The third-order valence-electron chi connectivity index (χ3n) is 8.20. The van der Waals surface area contributed by atoms with Crippen molar-refractivity contribution in [2.24, 2.45) is 0 Å². The van der Waals surface area contributed by atoms with Gasteiger partial charge in [0.05, 0.1) is 15.3 Å². The summed E-state index contributed by atoms with van der Waals surface area (Å²) >= 11 is 14.0. The lowest BCUT2D eigenvalue weighted by Gasteiger charge is -2.16. The summed E-state index contributed by atoms with van der Waals surface area (Å²) in [6.07, 6.45) is 2.07. The van der Waals surface area contributed by atoms with Gasteiger partial charge in [0.15, 0.2) is 0 Å². The number of nitrogens with zero attached hydrogens (tertiary/aromatic N) is 1. The molecule has 3 N–H and O–H groups in total. The molecule has 252 valence electrons.